The Balaban J connectivity index is 1.42. The molecular weight excluding hydrogens is 492 g/mol. The Morgan fingerprint density at radius 3 is 1.61 bits per heavy atom. The molecule has 0 aromatic heterocycles. The lowest BCUT2D eigenvalue weighted by Gasteiger charge is -2.45. The van der Waals surface area contributed by atoms with Crippen LogP contribution in [0.3, 0.4) is 0 Å². The van der Waals surface area contributed by atoms with Gasteiger partial charge in [-0.15, -0.1) is 0 Å². The lowest BCUT2D eigenvalue weighted by molar-refractivity contribution is -0.180. The molecular formula is C28H26N2O8. The van der Waals surface area contributed by atoms with Crippen molar-refractivity contribution < 1.29 is 38.9 Å². The SMILES string of the molecule is CNC(=O)C1C(C(=O)O)C(C(=O)O)C1C(=O)Nc1ccc(Oc2cccc(Oc3ccc(C)cc3)c2)cc1. The number of rotatable bonds is 9. The number of aliphatic carboxylic acids is 2. The first-order valence-corrected chi connectivity index (χ1v) is 11.8. The van der Waals surface area contributed by atoms with Crippen molar-refractivity contribution in [2.24, 2.45) is 23.7 Å². The highest BCUT2D eigenvalue weighted by Gasteiger charge is 2.63. The maximum Gasteiger partial charge on any atom is 0.308 e. The van der Waals surface area contributed by atoms with Crippen LogP contribution in [0.5, 0.6) is 23.0 Å². The number of hydrogen-bond acceptors (Lipinski definition) is 6. The number of carboxylic acids is 2. The number of carbonyl (C=O) groups is 4. The molecule has 3 aromatic carbocycles. The number of carboxylic acid groups (broad SMARTS) is 2. The van der Waals surface area contributed by atoms with E-state index >= 15 is 0 Å². The minimum Gasteiger partial charge on any atom is -0.481 e. The summed E-state index contributed by atoms with van der Waals surface area (Å²) in [5, 5.41) is 23.8. The highest BCUT2D eigenvalue weighted by molar-refractivity contribution is 6.03. The monoisotopic (exact) mass is 518 g/mol. The predicted molar refractivity (Wildman–Crippen MR) is 136 cm³/mol. The quantitative estimate of drug-likeness (QED) is 0.333. The second kappa shape index (κ2) is 11.0. The molecule has 1 aliphatic rings. The number of nitrogens with one attached hydrogen (secondary N) is 2. The van der Waals surface area contributed by atoms with Crippen LogP contribution >= 0.6 is 0 Å². The van der Waals surface area contributed by atoms with Crippen LogP contribution in [-0.2, 0) is 19.2 Å². The van der Waals surface area contributed by atoms with Gasteiger partial charge < -0.3 is 30.3 Å². The molecule has 4 rings (SSSR count). The molecule has 3 aromatic rings. The van der Waals surface area contributed by atoms with Crippen LogP contribution in [-0.4, -0.2) is 41.0 Å². The minimum absolute atomic E-state index is 0.331. The molecule has 0 aliphatic heterocycles. The van der Waals surface area contributed by atoms with Gasteiger partial charge in [-0.1, -0.05) is 23.8 Å². The van der Waals surface area contributed by atoms with E-state index < -0.39 is 47.4 Å². The van der Waals surface area contributed by atoms with E-state index in [1.54, 1.807) is 48.5 Å². The molecule has 0 bridgehead atoms. The first-order chi connectivity index (χ1) is 18.2. The molecule has 4 unspecified atom stereocenters. The molecule has 1 saturated carbocycles. The summed E-state index contributed by atoms with van der Waals surface area (Å²) in [5.41, 5.74) is 1.46. The van der Waals surface area contributed by atoms with E-state index in [1.165, 1.54) is 7.05 Å². The molecule has 4 N–H and O–H groups in total. The Kier molecular flexibility index (Phi) is 7.61. The largest absolute Gasteiger partial charge is 0.481 e. The number of hydrogen-bond donors (Lipinski definition) is 4. The maximum absolute atomic E-state index is 12.9. The van der Waals surface area contributed by atoms with Crippen molar-refractivity contribution in [3.63, 3.8) is 0 Å². The van der Waals surface area contributed by atoms with Crippen molar-refractivity contribution >= 4 is 29.4 Å². The third kappa shape index (κ3) is 5.59. The summed E-state index contributed by atoms with van der Waals surface area (Å²) in [6.45, 7) is 1.99. The molecule has 4 atom stereocenters. The van der Waals surface area contributed by atoms with Crippen LogP contribution in [0.15, 0.2) is 72.8 Å². The number of ether oxygens (including phenoxy) is 2. The first-order valence-electron chi connectivity index (χ1n) is 11.8. The smallest absolute Gasteiger partial charge is 0.308 e. The lowest BCUT2D eigenvalue weighted by Crippen LogP contribution is -2.62. The summed E-state index contributed by atoms with van der Waals surface area (Å²) < 4.78 is 11.7. The fraction of sp³-hybridized carbons (Fsp3) is 0.214. The Morgan fingerprint density at radius 2 is 1.13 bits per heavy atom. The van der Waals surface area contributed by atoms with Crippen molar-refractivity contribution in [1.29, 1.82) is 0 Å². The molecule has 10 nitrogen and oxygen atoms in total. The van der Waals surface area contributed by atoms with E-state index in [4.69, 9.17) is 9.47 Å². The number of amides is 2. The summed E-state index contributed by atoms with van der Waals surface area (Å²) in [5.74, 6) is -7.71. The topological polar surface area (TPSA) is 151 Å². The molecule has 0 heterocycles. The van der Waals surface area contributed by atoms with Crippen molar-refractivity contribution in [2.75, 3.05) is 12.4 Å². The highest BCUT2D eigenvalue weighted by atomic mass is 16.5. The Hall–Kier alpha value is -4.86. The van der Waals surface area contributed by atoms with Gasteiger partial charge in [-0.2, -0.15) is 0 Å². The minimum atomic E-state index is -1.52. The first kappa shape index (κ1) is 26.2. The fourth-order valence-corrected chi connectivity index (χ4v) is 4.49. The van der Waals surface area contributed by atoms with E-state index in [2.05, 4.69) is 10.6 Å². The molecule has 10 heteroatoms. The van der Waals surface area contributed by atoms with Gasteiger partial charge in [0.1, 0.15) is 23.0 Å². The van der Waals surface area contributed by atoms with E-state index in [9.17, 15) is 29.4 Å². The van der Waals surface area contributed by atoms with Gasteiger partial charge in [0, 0.05) is 18.8 Å². The Labute approximate surface area is 218 Å². The van der Waals surface area contributed by atoms with Crippen molar-refractivity contribution in [3.8, 4) is 23.0 Å². The average Bonchev–Trinajstić information content (AvgIpc) is 2.85. The van der Waals surface area contributed by atoms with Crippen LogP contribution in [0.1, 0.15) is 5.56 Å². The van der Waals surface area contributed by atoms with Crippen LogP contribution in [0.25, 0.3) is 0 Å². The molecule has 1 aliphatic carbocycles. The number of anilines is 1. The predicted octanol–water partition coefficient (Wildman–Crippen LogP) is 3.91. The summed E-state index contributed by atoms with van der Waals surface area (Å²) in [6.07, 6.45) is 0. The normalized spacial score (nSPS) is 19.9. The summed E-state index contributed by atoms with van der Waals surface area (Å²) in [7, 11) is 1.30. The molecule has 0 spiro atoms. The van der Waals surface area contributed by atoms with E-state index in [-0.39, 0.29) is 0 Å². The van der Waals surface area contributed by atoms with Crippen molar-refractivity contribution in [3.05, 3.63) is 78.4 Å². The fourth-order valence-electron chi connectivity index (χ4n) is 4.49. The molecule has 0 saturated heterocycles. The summed E-state index contributed by atoms with van der Waals surface area (Å²) in [4.78, 5) is 48.4. The van der Waals surface area contributed by atoms with Crippen molar-refractivity contribution in [1.82, 2.24) is 5.32 Å². The van der Waals surface area contributed by atoms with E-state index in [0.29, 0.717) is 28.7 Å². The van der Waals surface area contributed by atoms with E-state index in [1.807, 2.05) is 31.2 Å². The van der Waals surface area contributed by atoms with Gasteiger partial charge in [0.15, 0.2) is 0 Å². The van der Waals surface area contributed by atoms with Crippen LogP contribution in [0, 0.1) is 30.6 Å². The summed E-state index contributed by atoms with van der Waals surface area (Å²) >= 11 is 0. The van der Waals surface area contributed by atoms with Gasteiger partial charge in [0.05, 0.1) is 23.7 Å². The van der Waals surface area contributed by atoms with Crippen LogP contribution in [0.4, 0.5) is 5.69 Å². The molecule has 38 heavy (non-hydrogen) atoms. The third-order valence-electron chi connectivity index (χ3n) is 6.39. The van der Waals surface area contributed by atoms with Gasteiger partial charge in [0.2, 0.25) is 11.8 Å². The van der Waals surface area contributed by atoms with Gasteiger partial charge in [-0.3, -0.25) is 19.2 Å². The van der Waals surface area contributed by atoms with Gasteiger partial charge in [-0.05, 0) is 55.5 Å². The molecule has 2 amide bonds. The Bertz CT molecular complexity index is 1350. The van der Waals surface area contributed by atoms with Gasteiger partial charge in [-0.25, -0.2) is 0 Å². The third-order valence-corrected chi connectivity index (χ3v) is 6.39. The molecule has 196 valence electrons. The van der Waals surface area contributed by atoms with Crippen LogP contribution in [0.2, 0.25) is 0 Å². The molecule has 0 radical (unpaired) electrons. The number of benzene rings is 3. The zero-order valence-corrected chi connectivity index (χ0v) is 20.6. The Morgan fingerprint density at radius 1 is 0.658 bits per heavy atom. The second-order valence-corrected chi connectivity index (χ2v) is 8.90. The zero-order chi connectivity index (χ0) is 27.4. The van der Waals surface area contributed by atoms with Crippen molar-refractivity contribution in [2.45, 2.75) is 6.92 Å². The maximum atomic E-state index is 12.9. The van der Waals surface area contributed by atoms with E-state index in [0.717, 1.165) is 5.56 Å². The molecule has 1 fully saturated rings. The van der Waals surface area contributed by atoms with Gasteiger partial charge in [0.25, 0.3) is 0 Å². The van der Waals surface area contributed by atoms with Crippen LogP contribution < -0.4 is 20.1 Å². The number of aryl methyl sites for hydroxylation is 1. The van der Waals surface area contributed by atoms with Gasteiger partial charge >= 0.3 is 11.9 Å². The number of carbonyl (C=O) groups excluding carboxylic acids is 2. The lowest BCUT2D eigenvalue weighted by atomic mass is 9.55. The average molecular weight is 519 g/mol. The summed E-state index contributed by atoms with van der Waals surface area (Å²) in [6, 6.07) is 21.1. The highest BCUT2D eigenvalue weighted by Crippen LogP contribution is 2.47. The second-order valence-electron chi connectivity index (χ2n) is 8.90. The zero-order valence-electron chi connectivity index (χ0n) is 20.6. The standard InChI is InChI=1S/C28H26N2O8/c1-15-6-10-17(11-7-15)37-19-4-3-5-20(14-19)38-18-12-8-16(9-13-18)30-26(32)22-21(25(31)29-2)23(27(33)34)24(22)28(35)36/h3-14,21-24H,1-2H3,(H,29,31)(H,30,32)(H,33,34)(H,35,36).